The third-order valence-corrected chi connectivity index (χ3v) is 4.22. The Morgan fingerprint density at radius 1 is 1.46 bits per heavy atom. The van der Waals surface area contributed by atoms with Gasteiger partial charge in [-0.3, -0.25) is 14.5 Å². The van der Waals surface area contributed by atoms with Crippen LogP contribution in [0.2, 0.25) is 0 Å². The number of aromatic amines is 1. The van der Waals surface area contributed by atoms with Crippen LogP contribution in [0, 0.1) is 6.92 Å². The number of ether oxygens (including phenoxy) is 1. The number of nitrogens with zero attached hydrogens (tertiary/aromatic N) is 3. The Bertz CT molecular complexity index is 683. The van der Waals surface area contributed by atoms with Crippen LogP contribution in [-0.2, 0) is 14.3 Å². The Balaban J connectivity index is 1.75. The van der Waals surface area contributed by atoms with E-state index in [0.717, 1.165) is 10.6 Å². The van der Waals surface area contributed by atoms with Crippen molar-refractivity contribution >= 4 is 17.8 Å². The molecule has 0 radical (unpaired) electrons. The normalized spacial score (nSPS) is 23.5. The molecule has 9 heteroatoms. The van der Waals surface area contributed by atoms with Crippen LogP contribution in [0.5, 0.6) is 0 Å². The number of rotatable bonds is 3. The smallest absolute Gasteiger partial charge is 0.325 e. The van der Waals surface area contributed by atoms with E-state index in [1.807, 2.05) is 6.92 Å². The van der Waals surface area contributed by atoms with Gasteiger partial charge in [-0.05, 0) is 20.8 Å². The molecule has 2 aliphatic heterocycles. The van der Waals surface area contributed by atoms with Crippen LogP contribution in [0.15, 0.2) is 6.20 Å². The average Bonchev–Trinajstić information content (AvgIpc) is 3.04. The number of hydrogen-bond acceptors (Lipinski definition) is 5. The number of imidazole rings is 1. The van der Waals surface area contributed by atoms with Crippen LogP contribution in [0.3, 0.4) is 0 Å². The Hall–Kier alpha value is -2.42. The van der Waals surface area contributed by atoms with Crippen LogP contribution < -0.4 is 5.32 Å². The van der Waals surface area contributed by atoms with Crippen molar-refractivity contribution in [2.24, 2.45) is 0 Å². The Morgan fingerprint density at radius 3 is 2.79 bits per heavy atom. The number of nitrogens with one attached hydrogen (secondary N) is 2. The molecule has 0 spiro atoms. The fraction of sp³-hybridized carbons (Fsp3) is 0.600. The molecular formula is C15H21N5O4. The van der Waals surface area contributed by atoms with E-state index in [1.54, 1.807) is 24.9 Å². The van der Waals surface area contributed by atoms with Gasteiger partial charge in [0.15, 0.2) is 0 Å². The number of amides is 4. The van der Waals surface area contributed by atoms with Crippen LogP contribution >= 0.6 is 0 Å². The lowest BCUT2D eigenvalue weighted by Crippen LogP contribution is -2.49. The van der Waals surface area contributed by atoms with Gasteiger partial charge in [0, 0.05) is 18.4 Å². The summed E-state index contributed by atoms with van der Waals surface area (Å²) in [4.78, 5) is 46.8. The van der Waals surface area contributed by atoms with Crippen molar-refractivity contribution in [3.63, 3.8) is 0 Å². The fourth-order valence-corrected chi connectivity index (χ4v) is 2.92. The molecule has 1 atom stereocenters. The minimum absolute atomic E-state index is 0.287. The van der Waals surface area contributed by atoms with Crippen molar-refractivity contribution in [1.82, 2.24) is 25.1 Å². The maximum Gasteiger partial charge on any atom is 0.325 e. The quantitative estimate of drug-likeness (QED) is 0.753. The molecule has 2 fully saturated rings. The summed E-state index contributed by atoms with van der Waals surface area (Å²) in [6.45, 7) is 5.93. The molecule has 1 aromatic rings. The van der Waals surface area contributed by atoms with E-state index in [4.69, 9.17) is 4.74 Å². The molecular weight excluding hydrogens is 314 g/mol. The monoisotopic (exact) mass is 335 g/mol. The molecule has 1 aromatic heterocycles. The van der Waals surface area contributed by atoms with Crippen molar-refractivity contribution in [3.8, 4) is 0 Å². The first kappa shape index (κ1) is 16.4. The zero-order chi connectivity index (χ0) is 17.5. The predicted octanol–water partition coefficient (Wildman–Crippen LogP) is -0.0516. The molecule has 0 saturated carbocycles. The zero-order valence-corrected chi connectivity index (χ0v) is 14.0. The van der Waals surface area contributed by atoms with Crippen molar-refractivity contribution in [3.05, 3.63) is 17.7 Å². The van der Waals surface area contributed by atoms with E-state index >= 15 is 0 Å². The highest BCUT2D eigenvalue weighted by molar-refractivity contribution is 6.08. The molecule has 0 aliphatic carbocycles. The van der Waals surface area contributed by atoms with E-state index in [1.165, 1.54) is 0 Å². The molecule has 130 valence electrons. The number of aromatic nitrogens is 2. The second-order valence-electron chi connectivity index (χ2n) is 6.58. The lowest BCUT2D eigenvalue weighted by atomic mass is 10.1. The summed E-state index contributed by atoms with van der Waals surface area (Å²) >= 11 is 0. The van der Waals surface area contributed by atoms with Crippen LogP contribution in [0.25, 0.3) is 0 Å². The van der Waals surface area contributed by atoms with E-state index in [-0.39, 0.29) is 18.5 Å². The maximum absolute atomic E-state index is 12.7. The summed E-state index contributed by atoms with van der Waals surface area (Å²) in [6.07, 6.45) is 1.69. The summed E-state index contributed by atoms with van der Waals surface area (Å²) in [5, 5.41) is 2.57. The Morgan fingerprint density at radius 2 is 2.21 bits per heavy atom. The third-order valence-electron chi connectivity index (χ3n) is 4.22. The van der Waals surface area contributed by atoms with Crippen molar-refractivity contribution in [1.29, 1.82) is 0 Å². The molecule has 3 rings (SSSR count). The molecule has 3 heterocycles. The molecule has 4 amide bonds. The number of morpholine rings is 1. The van der Waals surface area contributed by atoms with Gasteiger partial charge in [-0.1, -0.05) is 0 Å². The molecule has 0 aromatic carbocycles. The summed E-state index contributed by atoms with van der Waals surface area (Å²) in [5.74, 6) is -0.0730. The number of imide groups is 1. The summed E-state index contributed by atoms with van der Waals surface area (Å²) in [7, 11) is 0. The van der Waals surface area contributed by atoms with Crippen molar-refractivity contribution in [2.45, 2.75) is 32.4 Å². The third kappa shape index (κ3) is 2.86. The van der Waals surface area contributed by atoms with Gasteiger partial charge in [0.1, 0.15) is 23.9 Å². The summed E-state index contributed by atoms with van der Waals surface area (Å²) in [6, 6.07) is -0.897. The zero-order valence-electron chi connectivity index (χ0n) is 14.0. The highest BCUT2D eigenvalue weighted by Gasteiger charge is 2.45. The van der Waals surface area contributed by atoms with Crippen LogP contribution in [0.4, 0.5) is 4.79 Å². The number of H-pyrrole nitrogens is 1. The molecule has 9 nitrogen and oxygen atoms in total. The first-order chi connectivity index (χ1) is 11.3. The van der Waals surface area contributed by atoms with Crippen LogP contribution in [-0.4, -0.2) is 69.5 Å². The van der Waals surface area contributed by atoms with Gasteiger partial charge in [0.2, 0.25) is 5.91 Å². The minimum Gasteiger partial charge on any atom is -0.377 e. The first-order valence-electron chi connectivity index (χ1n) is 7.82. The average molecular weight is 335 g/mol. The topological polar surface area (TPSA) is 108 Å². The van der Waals surface area contributed by atoms with Crippen LogP contribution in [0.1, 0.15) is 31.4 Å². The van der Waals surface area contributed by atoms with Gasteiger partial charge in [0.05, 0.1) is 13.2 Å². The maximum atomic E-state index is 12.7. The second-order valence-corrected chi connectivity index (χ2v) is 6.58. The predicted molar refractivity (Wildman–Crippen MR) is 82.9 cm³/mol. The van der Waals surface area contributed by atoms with E-state index in [0.29, 0.717) is 25.6 Å². The standard InChI is InChI=1S/C15H21N5O4/c1-9-6-16-12(17-9)10-8-24-5-4-19(10)11(21)7-20-13(22)15(2,3)18-14(20)23/h6,10H,4-5,7-8H2,1-3H3,(H,16,17)(H,18,23). The number of urea groups is 1. The molecule has 0 bridgehead atoms. The van der Waals surface area contributed by atoms with Crippen molar-refractivity contribution in [2.75, 3.05) is 26.3 Å². The Kier molecular flexibility index (Phi) is 4.04. The second kappa shape index (κ2) is 5.90. The lowest BCUT2D eigenvalue weighted by Gasteiger charge is -2.35. The van der Waals surface area contributed by atoms with Gasteiger partial charge in [-0.25, -0.2) is 9.78 Å². The van der Waals surface area contributed by atoms with E-state index < -0.39 is 17.5 Å². The largest absolute Gasteiger partial charge is 0.377 e. The number of hydrogen-bond donors (Lipinski definition) is 2. The minimum atomic E-state index is -0.986. The molecule has 2 N–H and O–H groups in total. The van der Waals surface area contributed by atoms with Gasteiger partial charge >= 0.3 is 6.03 Å². The molecule has 1 unspecified atom stereocenters. The SMILES string of the molecule is Cc1cnc(C2COCCN2C(=O)CN2C(=O)NC(C)(C)C2=O)[nH]1. The van der Waals surface area contributed by atoms with Gasteiger partial charge in [0.25, 0.3) is 5.91 Å². The number of carbonyl (C=O) groups is 3. The van der Waals surface area contributed by atoms with Crippen molar-refractivity contribution < 1.29 is 19.1 Å². The first-order valence-corrected chi connectivity index (χ1v) is 7.82. The molecule has 24 heavy (non-hydrogen) atoms. The highest BCUT2D eigenvalue weighted by Crippen LogP contribution is 2.23. The molecule has 2 saturated heterocycles. The fourth-order valence-electron chi connectivity index (χ4n) is 2.92. The Labute approximate surface area is 139 Å². The van der Waals surface area contributed by atoms with E-state index in [9.17, 15) is 14.4 Å². The van der Waals surface area contributed by atoms with Gasteiger partial charge < -0.3 is 19.9 Å². The number of carbonyl (C=O) groups excluding carboxylic acids is 3. The van der Waals surface area contributed by atoms with Gasteiger partial charge in [-0.15, -0.1) is 0 Å². The highest BCUT2D eigenvalue weighted by atomic mass is 16.5. The summed E-state index contributed by atoms with van der Waals surface area (Å²) in [5.41, 5.74) is -0.0984. The summed E-state index contributed by atoms with van der Waals surface area (Å²) < 4.78 is 5.46. The lowest BCUT2D eigenvalue weighted by molar-refractivity contribution is -0.144. The molecule has 2 aliphatic rings. The van der Waals surface area contributed by atoms with Gasteiger partial charge in [-0.2, -0.15) is 0 Å². The number of aryl methyl sites for hydroxylation is 1. The van der Waals surface area contributed by atoms with E-state index in [2.05, 4.69) is 15.3 Å².